The Bertz CT molecular complexity index is 386. The summed E-state index contributed by atoms with van der Waals surface area (Å²) < 4.78 is 22.0. The molecule has 0 radical (unpaired) electrons. The molecule has 0 bridgehead atoms. The molecule has 4 heteroatoms. The molecule has 1 aromatic heterocycles. The number of H-pyrrole nitrogens is 1. The lowest BCUT2D eigenvalue weighted by Crippen LogP contribution is -1.89. The highest BCUT2D eigenvalue weighted by atomic mass is 32.2. The lowest BCUT2D eigenvalue weighted by atomic mass is 10.3. The van der Waals surface area contributed by atoms with E-state index in [0.717, 1.165) is 5.56 Å². The summed E-state index contributed by atoms with van der Waals surface area (Å²) in [5, 5.41) is 1.21. The van der Waals surface area contributed by atoms with Crippen LogP contribution in [0.5, 0.6) is 0 Å². The Hall–Kier alpha value is -1.03. The largest absolute Gasteiger partial charge is 0.366 e. The summed E-state index contributed by atoms with van der Waals surface area (Å²) in [6, 6.07) is 0. The van der Waals surface area contributed by atoms with E-state index in [-0.39, 0.29) is 0 Å². The zero-order chi connectivity index (χ0) is 7.19. The molecule has 10 heavy (non-hydrogen) atoms. The first-order valence-electron chi connectivity index (χ1n) is 2.80. The van der Waals surface area contributed by atoms with Gasteiger partial charge in [0, 0.05) is 23.4 Å². The van der Waals surface area contributed by atoms with Gasteiger partial charge in [-0.05, 0) is 6.08 Å². The molecule has 1 N–H and O–H groups in total. The van der Waals surface area contributed by atoms with Gasteiger partial charge in [-0.3, -0.25) is 0 Å². The van der Waals surface area contributed by atoms with Crippen LogP contribution in [0, 0.1) is 0 Å². The minimum atomic E-state index is -3.07. The highest BCUT2D eigenvalue weighted by molar-refractivity contribution is 7.94. The first-order chi connectivity index (χ1) is 4.70. The van der Waals surface area contributed by atoms with Crippen LogP contribution in [0.3, 0.4) is 0 Å². The number of aromatic amines is 1. The standard InChI is InChI=1S/C6H5NO2S/c8-10(9)2-1-5-3-7-4-6(5)10/h1-4,7H. The van der Waals surface area contributed by atoms with Gasteiger partial charge in [0.25, 0.3) is 0 Å². The third-order valence-corrected chi connectivity index (χ3v) is 2.93. The molecule has 52 valence electrons. The first kappa shape index (κ1) is 5.73. The van der Waals surface area contributed by atoms with Crippen molar-refractivity contribution in [3.05, 3.63) is 23.4 Å². The summed E-state index contributed by atoms with van der Waals surface area (Å²) in [6.07, 6.45) is 4.74. The number of aromatic nitrogens is 1. The smallest absolute Gasteiger partial charge is 0.201 e. The van der Waals surface area contributed by atoms with Gasteiger partial charge < -0.3 is 4.98 Å². The average Bonchev–Trinajstić information content (AvgIpc) is 2.36. The Labute approximate surface area is 58.3 Å². The minimum absolute atomic E-state index is 0.382. The number of nitrogens with one attached hydrogen (secondary N) is 1. The molecule has 2 rings (SSSR count). The molecule has 3 nitrogen and oxygen atoms in total. The van der Waals surface area contributed by atoms with Gasteiger partial charge in [-0.1, -0.05) is 0 Å². The molecule has 0 spiro atoms. The van der Waals surface area contributed by atoms with E-state index in [1.165, 1.54) is 11.6 Å². The van der Waals surface area contributed by atoms with Gasteiger partial charge in [0.15, 0.2) is 0 Å². The van der Waals surface area contributed by atoms with Crippen LogP contribution in [-0.2, 0) is 9.84 Å². The van der Waals surface area contributed by atoms with E-state index in [0.29, 0.717) is 4.90 Å². The van der Waals surface area contributed by atoms with Crippen LogP contribution in [0.15, 0.2) is 22.7 Å². The highest BCUT2D eigenvalue weighted by Crippen LogP contribution is 2.25. The number of sulfone groups is 1. The number of rotatable bonds is 0. The second-order valence-corrected chi connectivity index (χ2v) is 3.92. The van der Waals surface area contributed by atoms with E-state index in [2.05, 4.69) is 4.98 Å². The maximum atomic E-state index is 11.0. The molecule has 2 heterocycles. The lowest BCUT2D eigenvalue weighted by Gasteiger charge is -1.85. The van der Waals surface area contributed by atoms with Crippen molar-refractivity contribution < 1.29 is 8.42 Å². The third-order valence-electron chi connectivity index (χ3n) is 1.47. The average molecular weight is 155 g/mol. The minimum Gasteiger partial charge on any atom is -0.366 e. The van der Waals surface area contributed by atoms with Crippen LogP contribution in [-0.4, -0.2) is 13.4 Å². The van der Waals surface area contributed by atoms with Crippen molar-refractivity contribution in [1.29, 1.82) is 0 Å². The van der Waals surface area contributed by atoms with Crippen molar-refractivity contribution in [1.82, 2.24) is 4.98 Å². The molecule has 0 aromatic carbocycles. The van der Waals surface area contributed by atoms with Crippen molar-refractivity contribution in [2.24, 2.45) is 0 Å². The second-order valence-electron chi connectivity index (χ2n) is 2.12. The van der Waals surface area contributed by atoms with E-state index in [9.17, 15) is 8.42 Å². The van der Waals surface area contributed by atoms with Gasteiger partial charge in [0.1, 0.15) is 0 Å². The lowest BCUT2D eigenvalue weighted by molar-refractivity contribution is 0.605. The van der Waals surface area contributed by atoms with Gasteiger partial charge in [0.05, 0.1) is 4.90 Å². The zero-order valence-electron chi connectivity index (χ0n) is 5.03. The number of hydrogen-bond acceptors (Lipinski definition) is 2. The normalized spacial score (nSPS) is 19.2. The quantitative estimate of drug-likeness (QED) is 0.601. The first-order valence-corrected chi connectivity index (χ1v) is 4.35. The molecular formula is C6H5NO2S. The van der Waals surface area contributed by atoms with E-state index >= 15 is 0 Å². The highest BCUT2D eigenvalue weighted by Gasteiger charge is 2.20. The summed E-state index contributed by atoms with van der Waals surface area (Å²) in [6.45, 7) is 0. The fourth-order valence-electron chi connectivity index (χ4n) is 0.974. The second kappa shape index (κ2) is 1.52. The van der Waals surface area contributed by atoms with E-state index < -0.39 is 9.84 Å². The molecule has 0 saturated heterocycles. The SMILES string of the molecule is O=S1(=O)C=Cc2c[nH]cc21. The van der Waals surface area contributed by atoms with E-state index in [1.807, 2.05) is 0 Å². The topological polar surface area (TPSA) is 49.9 Å². The van der Waals surface area contributed by atoms with Gasteiger partial charge in [-0.2, -0.15) is 0 Å². The summed E-state index contributed by atoms with van der Waals surface area (Å²) in [5.41, 5.74) is 0.750. The van der Waals surface area contributed by atoms with Crippen LogP contribution in [0.4, 0.5) is 0 Å². The van der Waals surface area contributed by atoms with Crippen LogP contribution < -0.4 is 0 Å². The predicted octanol–water partition coefficient (Wildman–Crippen LogP) is 0.773. The molecule has 1 aliphatic rings. The van der Waals surface area contributed by atoms with Crippen molar-refractivity contribution in [3.63, 3.8) is 0 Å². The van der Waals surface area contributed by atoms with E-state index in [4.69, 9.17) is 0 Å². The fraction of sp³-hybridized carbons (Fsp3) is 0. The molecule has 0 fully saturated rings. The molecule has 0 aliphatic carbocycles. The fourth-order valence-corrected chi connectivity index (χ4v) is 2.13. The summed E-state index contributed by atoms with van der Waals surface area (Å²) in [5.74, 6) is 0. The van der Waals surface area contributed by atoms with Gasteiger partial charge in [-0.25, -0.2) is 8.42 Å². The Morgan fingerprint density at radius 3 is 2.80 bits per heavy atom. The predicted molar refractivity (Wildman–Crippen MR) is 37.0 cm³/mol. The van der Waals surface area contributed by atoms with Gasteiger partial charge >= 0.3 is 0 Å². The number of hydrogen-bond donors (Lipinski definition) is 1. The van der Waals surface area contributed by atoms with Crippen molar-refractivity contribution >= 4 is 15.9 Å². The van der Waals surface area contributed by atoms with Crippen LogP contribution >= 0.6 is 0 Å². The molecule has 0 unspecified atom stereocenters. The van der Waals surface area contributed by atoms with Crippen molar-refractivity contribution in [2.75, 3.05) is 0 Å². The van der Waals surface area contributed by atoms with Crippen molar-refractivity contribution in [2.45, 2.75) is 4.90 Å². The van der Waals surface area contributed by atoms with Crippen LogP contribution in [0.25, 0.3) is 6.08 Å². The monoisotopic (exact) mass is 155 g/mol. The van der Waals surface area contributed by atoms with Crippen LogP contribution in [0.1, 0.15) is 5.56 Å². The van der Waals surface area contributed by atoms with Gasteiger partial charge in [0.2, 0.25) is 9.84 Å². The van der Waals surface area contributed by atoms with Crippen molar-refractivity contribution in [3.8, 4) is 0 Å². The summed E-state index contributed by atoms with van der Waals surface area (Å²) in [4.78, 5) is 3.11. The Balaban J connectivity index is 2.88. The zero-order valence-corrected chi connectivity index (χ0v) is 5.85. The Kier molecular flexibility index (Phi) is 0.870. The summed E-state index contributed by atoms with van der Waals surface area (Å²) >= 11 is 0. The Morgan fingerprint density at radius 1 is 1.30 bits per heavy atom. The molecule has 1 aliphatic heterocycles. The van der Waals surface area contributed by atoms with E-state index in [1.54, 1.807) is 12.3 Å². The Morgan fingerprint density at radius 2 is 2.10 bits per heavy atom. The summed E-state index contributed by atoms with van der Waals surface area (Å²) in [7, 11) is -3.07. The maximum absolute atomic E-state index is 11.0. The molecule has 0 saturated carbocycles. The third kappa shape index (κ3) is 0.565. The molecule has 0 atom stereocenters. The molecule has 1 aromatic rings. The molecular weight excluding hydrogens is 150 g/mol. The number of fused-ring (bicyclic) bond motifs is 1. The van der Waals surface area contributed by atoms with Crippen LogP contribution in [0.2, 0.25) is 0 Å². The van der Waals surface area contributed by atoms with Gasteiger partial charge in [-0.15, -0.1) is 0 Å². The molecule has 0 amide bonds. The maximum Gasteiger partial charge on any atom is 0.201 e.